The molecule has 3 nitrogen and oxygen atoms in total. The quantitative estimate of drug-likeness (QED) is 0.729. The molecule has 1 amide bonds. The minimum Gasteiger partial charge on any atom is -0.352 e. The molecule has 0 heterocycles. The monoisotopic (exact) mass is 218 g/mol. The molecule has 1 aromatic rings. The van der Waals surface area contributed by atoms with Crippen LogP contribution in [0.3, 0.4) is 0 Å². The van der Waals surface area contributed by atoms with E-state index in [0.717, 1.165) is 5.56 Å². The van der Waals surface area contributed by atoms with Crippen molar-refractivity contribution in [1.29, 1.82) is 0 Å². The van der Waals surface area contributed by atoms with Gasteiger partial charge in [-0.2, -0.15) is 0 Å². The molecule has 16 heavy (non-hydrogen) atoms. The van der Waals surface area contributed by atoms with Gasteiger partial charge in [-0.3, -0.25) is 4.79 Å². The van der Waals surface area contributed by atoms with Gasteiger partial charge in [0.05, 0.1) is 6.42 Å². The standard InChI is InChI=1S/C13H18N2O/c1-11-5-4-6-12(9-11)10-13(16)15-8-3-2-7-14/h2-6,9H,7-8,10,14H2,1H3,(H,15,16)/b3-2+. The molecule has 0 fully saturated rings. The van der Waals surface area contributed by atoms with Crippen LogP contribution >= 0.6 is 0 Å². The van der Waals surface area contributed by atoms with Crippen molar-refractivity contribution in [3.8, 4) is 0 Å². The summed E-state index contributed by atoms with van der Waals surface area (Å²) in [5.74, 6) is 0.0345. The number of nitrogens with two attached hydrogens (primary N) is 1. The van der Waals surface area contributed by atoms with Gasteiger partial charge < -0.3 is 11.1 Å². The van der Waals surface area contributed by atoms with E-state index in [9.17, 15) is 4.79 Å². The summed E-state index contributed by atoms with van der Waals surface area (Å²) in [6.45, 7) is 3.07. The van der Waals surface area contributed by atoms with Crippen molar-refractivity contribution in [3.63, 3.8) is 0 Å². The lowest BCUT2D eigenvalue weighted by Crippen LogP contribution is -2.25. The van der Waals surface area contributed by atoms with Crippen LogP contribution in [-0.4, -0.2) is 19.0 Å². The van der Waals surface area contributed by atoms with E-state index in [2.05, 4.69) is 5.32 Å². The lowest BCUT2D eigenvalue weighted by Gasteiger charge is -2.03. The molecule has 0 aliphatic carbocycles. The Bertz CT molecular complexity index is 372. The smallest absolute Gasteiger partial charge is 0.224 e. The predicted octanol–water partition coefficient (Wildman–Crippen LogP) is 1.17. The molecule has 0 aliphatic rings. The van der Waals surface area contributed by atoms with E-state index in [1.807, 2.05) is 43.3 Å². The molecule has 0 aromatic heterocycles. The molecule has 0 saturated carbocycles. The molecule has 1 rings (SSSR count). The molecule has 3 heteroatoms. The maximum absolute atomic E-state index is 11.5. The van der Waals surface area contributed by atoms with Crippen LogP contribution in [0.4, 0.5) is 0 Å². The second kappa shape index (κ2) is 6.80. The minimum atomic E-state index is 0.0345. The van der Waals surface area contributed by atoms with Crippen LogP contribution in [0, 0.1) is 6.92 Å². The third kappa shape index (κ3) is 4.75. The molecule has 1 aromatic carbocycles. The van der Waals surface area contributed by atoms with Crippen LogP contribution in [-0.2, 0) is 11.2 Å². The van der Waals surface area contributed by atoms with Crippen LogP contribution in [0.15, 0.2) is 36.4 Å². The molecule has 0 radical (unpaired) electrons. The number of hydrogen-bond acceptors (Lipinski definition) is 2. The number of aryl methyl sites for hydroxylation is 1. The molecule has 0 atom stereocenters. The number of carbonyl (C=O) groups excluding carboxylic acids is 1. The van der Waals surface area contributed by atoms with Crippen molar-refractivity contribution in [1.82, 2.24) is 5.32 Å². The SMILES string of the molecule is Cc1cccc(CC(=O)NC/C=C/CN)c1. The summed E-state index contributed by atoms with van der Waals surface area (Å²) in [5.41, 5.74) is 7.50. The van der Waals surface area contributed by atoms with Crippen molar-refractivity contribution in [2.75, 3.05) is 13.1 Å². The molecule has 0 bridgehead atoms. The number of rotatable bonds is 5. The van der Waals surface area contributed by atoms with E-state index in [4.69, 9.17) is 5.73 Å². The first-order valence-corrected chi connectivity index (χ1v) is 5.39. The molecule has 0 unspecified atom stereocenters. The topological polar surface area (TPSA) is 55.1 Å². The third-order valence-corrected chi connectivity index (χ3v) is 2.17. The molecular weight excluding hydrogens is 200 g/mol. The maximum Gasteiger partial charge on any atom is 0.224 e. The zero-order chi connectivity index (χ0) is 11.8. The third-order valence-electron chi connectivity index (χ3n) is 2.17. The largest absolute Gasteiger partial charge is 0.352 e. The summed E-state index contributed by atoms with van der Waals surface area (Å²) in [4.78, 5) is 11.5. The summed E-state index contributed by atoms with van der Waals surface area (Å²) in [6.07, 6.45) is 4.11. The van der Waals surface area contributed by atoms with Crippen LogP contribution in [0.2, 0.25) is 0 Å². The summed E-state index contributed by atoms with van der Waals surface area (Å²) < 4.78 is 0. The van der Waals surface area contributed by atoms with Crippen LogP contribution < -0.4 is 11.1 Å². The van der Waals surface area contributed by atoms with Gasteiger partial charge in [-0.25, -0.2) is 0 Å². The fraction of sp³-hybridized carbons (Fsp3) is 0.308. The average Bonchev–Trinajstić information content (AvgIpc) is 2.24. The second-order valence-electron chi connectivity index (χ2n) is 3.68. The Hall–Kier alpha value is -1.61. The Morgan fingerprint density at radius 3 is 2.94 bits per heavy atom. The Labute approximate surface area is 96.3 Å². The first kappa shape index (κ1) is 12.5. The van der Waals surface area contributed by atoms with Crippen molar-refractivity contribution in [2.45, 2.75) is 13.3 Å². The first-order valence-electron chi connectivity index (χ1n) is 5.39. The fourth-order valence-corrected chi connectivity index (χ4v) is 1.42. The van der Waals surface area contributed by atoms with Gasteiger partial charge in [-0.05, 0) is 12.5 Å². The predicted molar refractivity (Wildman–Crippen MR) is 66.1 cm³/mol. The lowest BCUT2D eigenvalue weighted by molar-refractivity contribution is -0.120. The van der Waals surface area contributed by atoms with E-state index in [1.54, 1.807) is 0 Å². The van der Waals surface area contributed by atoms with Crippen LogP contribution in [0.25, 0.3) is 0 Å². The van der Waals surface area contributed by atoms with Gasteiger partial charge in [-0.15, -0.1) is 0 Å². The molecule has 86 valence electrons. The second-order valence-corrected chi connectivity index (χ2v) is 3.68. The molecular formula is C13H18N2O. The molecule has 0 spiro atoms. The molecule has 0 saturated heterocycles. The minimum absolute atomic E-state index is 0.0345. The van der Waals surface area contributed by atoms with Gasteiger partial charge in [0.15, 0.2) is 0 Å². The highest BCUT2D eigenvalue weighted by atomic mass is 16.1. The highest BCUT2D eigenvalue weighted by Gasteiger charge is 2.01. The van der Waals surface area contributed by atoms with Crippen molar-refractivity contribution in [2.24, 2.45) is 5.73 Å². The normalized spacial score (nSPS) is 10.6. The van der Waals surface area contributed by atoms with E-state index in [1.165, 1.54) is 5.56 Å². The van der Waals surface area contributed by atoms with Crippen molar-refractivity contribution in [3.05, 3.63) is 47.5 Å². The summed E-state index contributed by atoms with van der Waals surface area (Å²) in [7, 11) is 0. The molecule has 3 N–H and O–H groups in total. The number of benzene rings is 1. The Morgan fingerprint density at radius 2 is 2.25 bits per heavy atom. The van der Waals surface area contributed by atoms with Crippen LogP contribution in [0.1, 0.15) is 11.1 Å². The summed E-state index contributed by atoms with van der Waals surface area (Å²) in [5, 5.41) is 2.80. The lowest BCUT2D eigenvalue weighted by atomic mass is 10.1. The van der Waals surface area contributed by atoms with Gasteiger partial charge in [0, 0.05) is 13.1 Å². The average molecular weight is 218 g/mol. The van der Waals surface area contributed by atoms with E-state index in [-0.39, 0.29) is 5.91 Å². The summed E-state index contributed by atoms with van der Waals surface area (Å²) in [6, 6.07) is 7.97. The van der Waals surface area contributed by atoms with Gasteiger partial charge in [0.25, 0.3) is 0 Å². The zero-order valence-electron chi connectivity index (χ0n) is 9.57. The van der Waals surface area contributed by atoms with Crippen LogP contribution in [0.5, 0.6) is 0 Å². The number of hydrogen-bond donors (Lipinski definition) is 2. The van der Waals surface area contributed by atoms with Crippen molar-refractivity contribution < 1.29 is 4.79 Å². The summed E-state index contributed by atoms with van der Waals surface area (Å²) >= 11 is 0. The van der Waals surface area contributed by atoms with Gasteiger partial charge >= 0.3 is 0 Å². The van der Waals surface area contributed by atoms with Gasteiger partial charge in [0.2, 0.25) is 5.91 Å². The Morgan fingerprint density at radius 1 is 1.44 bits per heavy atom. The number of carbonyl (C=O) groups is 1. The Kier molecular flexibility index (Phi) is 5.29. The highest BCUT2D eigenvalue weighted by molar-refractivity contribution is 5.78. The Balaban J connectivity index is 2.37. The number of amides is 1. The number of nitrogens with one attached hydrogen (secondary N) is 1. The first-order chi connectivity index (χ1) is 7.72. The zero-order valence-corrected chi connectivity index (χ0v) is 9.57. The fourth-order valence-electron chi connectivity index (χ4n) is 1.42. The van der Waals surface area contributed by atoms with E-state index < -0.39 is 0 Å². The van der Waals surface area contributed by atoms with Crippen molar-refractivity contribution >= 4 is 5.91 Å². The van der Waals surface area contributed by atoms with E-state index in [0.29, 0.717) is 19.5 Å². The van der Waals surface area contributed by atoms with Gasteiger partial charge in [0.1, 0.15) is 0 Å². The highest BCUT2D eigenvalue weighted by Crippen LogP contribution is 2.04. The molecule has 0 aliphatic heterocycles. The van der Waals surface area contributed by atoms with E-state index >= 15 is 0 Å². The van der Waals surface area contributed by atoms with Gasteiger partial charge in [-0.1, -0.05) is 42.0 Å². The maximum atomic E-state index is 11.5.